The van der Waals surface area contributed by atoms with E-state index in [4.69, 9.17) is 0 Å². The molecular formula is C19H26BrN3O3. The molecule has 2 aliphatic heterocycles. The highest BCUT2D eigenvalue weighted by Gasteiger charge is 2.28. The first-order valence-electron chi connectivity index (χ1n) is 9.25. The quantitative estimate of drug-likeness (QED) is 0.809. The first kappa shape index (κ1) is 19.2. The second-order valence-corrected chi connectivity index (χ2v) is 8.08. The maximum Gasteiger partial charge on any atom is 0.257 e. The van der Waals surface area contributed by atoms with Crippen LogP contribution in [0.3, 0.4) is 0 Å². The molecule has 2 amide bonds. The molecule has 1 aromatic carbocycles. The van der Waals surface area contributed by atoms with Crippen molar-refractivity contribution < 1.29 is 14.7 Å². The average molecular weight is 424 g/mol. The molecule has 3 rings (SSSR count). The molecule has 1 aromatic rings. The summed E-state index contributed by atoms with van der Waals surface area (Å²) in [6.45, 7) is 5.90. The van der Waals surface area contributed by atoms with Crippen LogP contribution in [0, 0.1) is 0 Å². The third-order valence-corrected chi connectivity index (χ3v) is 5.83. The van der Waals surface area contributed by atoms with E-state index in [1.165, 1.54) is 12.5 Å². The van der Waals surface area contributed by atoms with Gasteiger partial charge < -0.3 is 14.9 Å². The van der Waals surface area contributed by atoms with Crippen molar-refractivity contribution in [3.63, 3.8) is 0 Å². The van der Waals surface area contributed by atoms with Gasteiger partial charge >= 0.3 is 0 Å². The Morgan fingerprint density at radius 3 is 2.54 bits per heavy atom. The Morgan fingerprint density at radius 1 is 1.15 bits per heavy atom. The van der Waals surface area contributed by atoms with Crippen molar-refractivity contribution in [3.8, 4) is 5.75 Å². The van der Waals surface area contributed by atoms with Crippen LogP contribution >= 0.6 is 15.9 Å². The van der Waals surface area contributed by atoms with Crippen LogP contribution < -0.4 is 0 Å². The van der Waals surface area contributed by atoms with Crippen LogP contribution in [0.25, 0.3) is 0 Å². The van der Waals surface area contributed by atoms with Crippen LogP contribution in [0.1, 0.15) is 36.5 Å². The number of rotatable bonds is 3. The summed E-state index contributed by atoms with van der Waals surface area (Å²) in [7, 11) is 0. The molecule has 26 heavy (non-hydrogen) atoms. The van der Waals surface area contributed by atoms with Crippen molar-refractivity contribution >= 4 is 27.7 Å². The number of phenols is 1. The van der Waals surface area contributed by atoms with E-state index in [1.807, 2.05) is 4.90 Å². The number of aromatic hydroxyl groups is 1. The van der Waals surface area contributed by atoms with Gasteiger partial charge in [-0.3, -0.25) is 14.5 Å². The minimum absolute atomic E-state index is 0.0129. The van der Waals surface area contributed by atoms with Gasteiger partial charge in [0, 0.05) is 43.2 Å². The van der Waals surface area contributed by atoms with E-state index >= 15 is 0 Å². The Kier molecular flexibility index (Phi) is 6.19. The number of phenolic OH excluding ortho intramolecular Hbond substituents is 1. The Labute approximate surface area is 162 Å². The number of hydrogen-bond acceptors (Lipinski definition) is 4. The van der Waals surface area contributed by atoms with Crippen LogP contribution in [0.5, 0.6) is 5.75 Å². The zero-order valence-corrected chi connectivity index (χ0v) is 16.7. The molecule has 0 saturated carbocycles. The van der Waals surface area contributed by atoms with E-state index in [9.17, 15) is 14.7 Å². The number of carbonyl (C=O) groups excluding carboxylic acids is 2. The summed E-state index contributed by atoms with van der Waals surface area (Å²) in [6, 6.07) is 5.25. The van der Waals surface area contributed by atoms with E-state index in [2.05, 4.69) is 27.8 Å². The van der Waals surface area contributed by atoms with E-state index in [0.717, 1.165) is 23.9 Å². The number of nitrogens with zero attached hydrogens (tertiary/aromatic N) is 3. The summed E-state index contributed by atoms with van der Waals surface area (Å²) >= 11 is 3.28. The Hall–Kier alpha value is -1.60. The van der Waals surface area contributed by atoms with E-state index in [-0.39, 0.29) is 17.6 Å². The summed E-state index contributed by atoms with van der Waals surface area (Å²) in [5.74, 6) is 0.0224. The Balaban J connectivity index is 1.52. The lowest BCUT2D eigenvalue weighted by Crippen LogP contribution is -2.53. The van der Waals surface area contributed by atoms with Gasteiger partial charge in [0.15, 0.2) is 0 Å². The SMILES string of the molecule is CC1CCCCN1C(=O)CN1CCN(C(=O)c2ccc(Br)cc2O)CC1. The number of carbonyl (C=O) groups is 2. The fraction of sp³-hybridized carbons (Fsp3) is 0.579. The van der Waals surface area contributed by atoms with Gasteiger partial charge in [-0.1, -0.05) is 15.9 Å². The molecule has 0 spiro atoms. The number of likely N-dealkylation sites (tertiary alicyclic amines) is 1. The molecule has 142 valence electrons. The van der Waals surface area contributed by atoms with Crippen LogP contribution in [0.2, 0.25) is 0 Å². The van der Waals surface area contributed by atoms with Gasteiger partial charge in [-0.25, -0.2) is 0 Å². The van der Waals surface area contributed by atoms with E-state index in [0.29, 0.717) is 44.3 Å². The zero-order valence-electron chi connectivity index (χ0n) is 15.2. The van der Waals surface area contributed by atoms with E-state index < -0.39 is 0 Å². The standard InChI is InChI=1S/C19H26BrN3O3/c1-14-4-2-3-7-23(14)18(25)13-21-8-10-22(11-9-21)19(26)16-6-5-15(20)12-17(16)24/h5-6,12,14,24H,2-4,7-11,13H2,1H3. The van der Waals surface area contributed by atoms with Gasteiger partial charge in [0.05, 0.1) is 12.1 Å². The number of piperazine rings is 1. The van der Waals surface area contributed by atoms with Crippen LogP contribution in [0.15, 0.2) is 22.7 Å². The number of amides is 2. The first-order chi connectivity index (χ1) is 12.5. The molecule has 1 N–H and O–H groups in total. The normalized spacial score (nSPS) is 21.7. The molecule has 0 aliphatic carbocycles. The maximum atomic E-state index is 12.6. The monoisotopic (exact) mass is 423 g/mol. The first-order valence-corrected chi connectivity index (χ1v) is 10.0. The van der Waals surface area contributed by atoms with Crippen molar-refractivity contribution in [1.82, 2.24) is 14.7 Å². The second-order valence-electron chi connectivity index (χ2n) is 7.16. The number of halogens is 1. The topological polar surface area (TPSA) is 64.1 Å². The molecule has 6 nitrogen and oxygen atoms in total. The molecular weight excluding hydrogens is 398 g/mol. The summed E-state index contributed by atoms with van der Waals surface area (Å²) in [5.41, 5.74) is 0.319. The van der Waals surface area contributed by atoms with E-state index in [1.54, 1.807) is 17.0 Å². The van der Waals surface area contributed by atoms with Crippen molar-refractivity contribution in [2.75, 3.05) is 39.3 Å². The molecule has 2 aliphatic rings. The summed E-state index contributed by atoms with van der Waals surface area (Å²) < 4.78 is 0.738. The molecule has 0 bridgehead atoms. The average Bonchev–Trinajstić information content (AvgIpc) is 2.62. The molecule has 0 aromatic heterocycles. The molecule has 2 saturated heterocycles. The zero-order chi connectivity index (χ0) is 18.7. The van der Waals surface area contributed by atoms with Crippen molar-refractivity contribution in [1.29, 1.82) is 0 Å². The van der Waals surface area contributed by atoms with Gasteiger partial charge in [0.1, 0.15) is 5.75 Å². The van der Waals surface area contributed by atoms with Gasteiger partial charge in [-0.2, -0.15) is 0 Å². The third kappa shape index (κ3) is 4.38. The van der Waals surface area contributed by atoms with Crippen molar-refractivity contribution in [2.24, 2.45) is 0 Å². The minimum Gasteiger partial charge on any atom is -0.507 e. The molecule has 0 radical (unpaired) electrons. The van der Waals surface area contributed by atoms with Crippen LogP contribution in [-0.4, -0.2) is 76.9 Å². The van der Waals surface area contributed by atoms with Gasteiger partial charge in [-0.15, -0.1) is 0 Å². The fourth-order valence-electron chi connectivity index (χ4n) is 3.72. The molecule has 1 unspecified atom stereocenters. The highest BCUT2D eigenvalue weighted by molar-refractivity contribution is 9.10. The van der Waals surface area contributed by atoms with Crippen LogP contribution in [-0.2, 0) is 4.79 Å². The fourth-order valence-corrected chi connectivity index (χ4v) is 4.06. The van der Waals surface area contributed by atoms with Gasteiger partial charge in [-0.05, 0) is 44.4 Å². The largest absolute Gasteiger partial charge is 0.507 e. The van der Waals surface area contributed by atoms with Gasteiger partial charge in [0.25, 0.3) is 5.91 Å². The lowest BCUT2D eigenvalue weighted by atomic mass is 10.0. The number of piperidine rings is 1. The highest BCUT2D eigenvalue weighted by atomic mass is 79.9. The second kappa shape index (κ2) is 8.39. The number of benzene rings is 1. The Morgan fingerprint density at radius 2 is 1.88 bits per heavy atom. The number of hydrogen-bond donors (Lipinski definition) is 1. The van der Waals surface area contributed by atoms with Crippen LogP contribution in [0.4, 0.5) is 0 Å². The highest BCUT2D eigenvalue weighted by Crippen LogP contribution is 2.24. The van der Waals surface area contributed by atoms with Gasteiger partial charge in [0.2, 0.25) is 5.91 Å². The lowest BCUT2D eigenvalue weighted by molar-refractivity contribution is -0.136. The summed E-state index contributed by atoms with van der Waals surface area (Å²) in [4.78, 5) is 31.0. The molecule has 7 heteroatoms. The molecule has 1 atom stereocenters. The summed E-state index contributed by atoms with van der Waals surface area (Å²) in [6.07, 6.45) is 3.38. The predicted molar refractivity (Wildman–Crippen MR) is 103 cm³/mol. The Bertz CT molecular complexity index is 674. The summed E-state index contributed by atoms with van der Waals surface area (Å²) in [5, 5.41) is 9.99. The van der Waals surface area contributed by atoms with Crippen molar-refractivity contribution in [2.45, 2.75) is 32.2 Å². The predicted octanol–water partition coefficient (Wildman–Crippen LogP) is 2.31. The smallest absolute Gasteiger partial charge is 0.257 e. The third-order valence-electron chi connectivity index (χ3n) is 5.33. The lowest BCUT2D eigenvalue weighted by Gasteiger charge is -2.38. The minimum atomic E-state index is -0.161. The maximum absolute atomic E-state index is 12.6. The van der Waals surface area contributed by atoms with Crippen molar-refractivity contribution in [3.05, 3.63) is 28.2 Å². The molecule has 2 heterocycles. The molecule has 2 fully saturated rings.